The molecule has 0 aliphatic carbocycles. The van der Waals surface area contributed by atoms with Crippen LogP contribution in [-0.4, -0.2) is 25.9 Å². The van der Waals surface area contributed by atoms with Gasteiger partial charge in [0.05, 0.1) is 5.56 Å². The van der Waals surface area contributed by atoms with E-state index in [0.717, 1.165) is 36.0 Å². The molecule has 0 aromatic heterocycles. The molecule has 0 saturated carbocycles. The van der Waals surface area contributed by atoms with E-state index in [1.54, 1.807) is 18.2 Å². The quantitative estimate of drug-likeness (QED) is 0.592. The van der Waals surface area contributed by atoms with Gasteiger partial charge in [-0.2, -0.15) is 13.2 Å². The molecular weight excluding hydrogens is 395 g/mol. The Labute approximate surface area is 164 Å². The van der Waals surface area contributed by atoms with Crippen molar-refractivity contribution in [3.63, 3.8) is 0 Å². The number of halogens is 4. The van der Waals surface area contributed by atoms with Crippen LogP contribution in [0, 0.1) is 0 Å². The smallest absolute Gasteiger partial charge is 0.378 e. The van der Waals surface area contributed by atoms with Gasteiger partial charge in [0.25, 0.3) is 11.8 Å². The first-order valence-electron chi connectivity index (χ1n) is 8.00. The molecule has 2 N–H and O–H groups in total. The van der Waals surface area contributed by atoms with E-state index >= 15 is 0 Å². The molecule has 0 bridgehead atoms. The summed E-state index contributed by atoms with van der Waals surface area (Å²) >= 11 is 5.85. The van der Waals surface area contributed by atoms with Crippen LogP contribution < -0.4 is 15.8 Å². The van der Waals surface area contributed by atoms with Gasteiger partial charge in [-0.1, -0.05) is 17.7 Å². The third-order valence-corrected chi connectivity index (χ3v) is 4.01. The Morgan fingerprint density at radius 3 is 2.43 bits per heavy atom. The van der Waals surface area contributed by atoms with Crippen LogP contribution in [0.2, 0.25) is 5.02 Å². The maximum absolute atomic E-state index is 12.8. The predicted octanol–water partition coefficient (Wildman–Crippen LogP) is 3.90. The van der Waals surface area contributed by atoms with Crippen LogP contribution in [0.1, 0.15) is 21.5 Å². The van der Waals surface area contributed by atoms with Crippen molar-refractivity contribution in [2.24, 2.45) is 0 Å². The number of benzene rings is 2. The van der Waals surface area contributed by atoms with Crippen molar-refractivity contribution < 1.29 is 22.8 Å². The van der Waals surface area contributed by atoms with Gasteiger partial charge < -0.3 is 4.90 Å². The fourth-order valence-corrected chi connectivity index (χ4v) is 2.35. The van der Waals surface area contributed by atoms with E-state index in [1.807, 2.05) is 25.1 Å². The summed E-state index contributed by atoms with van der Waals surface area (Å²) in [4.78, 5) is 25.7. The number of carbonyl (C=O) groups excluding carboxylic acids is 2. The first-order valence-corrected chi connectivity index (χ1v) is 8.38. The standard InChI is InChI=1S/C19H17ClF3N3O2/c1-26(2)15-5-3-4-13(11-15)18(28)25-24-17(27)9-6-12-10-14(19(21,22)23)7-8-16(12)20/h3-11H,1-2H3,(H,24,27)(H,25,28)/b9-6+. The van der Waals surface area contributed by atoms with Crippen molar-refractivity contribution in [1.82, 2.24) is 10.9 Å². The van der Waals surface area contributed by atoms with Crippen LogP contribution in [-0.2, 0) is 11.0 Å². The Bertz CT molecular complexity index is 912. The van der Waals surface area contributed by atoms with E-state index in [0.29, 0.717) is 5.56 Å². The summed E-state index contributed by atoms with van der Waals surface area (Å²) in [6.07, 6.45) is -2.42. The normalized spacial score (nSPS) is 11.4. The summed E-state index contributed by atoms with van der Waals surface area (Å²) in [5.41, 5.74) is 4.67. The molecule has 5 nitrogen and oxygen atoms in total. The highest BCUT2D eigenvalue weighted by molar-refractivity contribution is 6.32. The van der Waals surface area contributed by atoms with Gasteiger partial charge in [-0.3, -0.25) is 20.4 Å². The summed E-state index contributed by atoms with van der Waals surface area (Å²) in [6, 6.07) is 9.51. The second-order valence-corrected chi connectivity index (χ2v) is 6.36. The maximum atomic E-state index is 12.8. The summed E-state index contributed by atoms with van der Waals surface area (Å²) in [6.45, 7) is 0. The van der Waals surface area contributed by atoms with Crippen LogP contribution >= 0.6 is 11.6 Å². The van der Waals surface area contributed by atoms with Gasteiger partial charge in [-0.15, -0.1) is 0 Å². The molecule has 0 saturated heterocycles. The molecule has 9 heteroatoms. The molecule has 0 fully saturated rings. The van der Waals surface area contributed by atoms with Crippen molar-refractivity contribution in [3.05, 3.63) is 70.3 Å². The molecular formula is C19H17ClF3N3O2. The van der Waals surface area contributed by atoms with Crippen molar-refractivity contribution >= 4 is 35.2 Å². The number of amides is 2. The van der Waals surface area contributed by atoms with Gasteiger partial charge in [0, 0.05) is 36.4 Å². The lowest BCUT2D eigenvalue weighted by Crippen LogP contribution is -2.40. The minimum atomic E-state index is -4.52. The first kappa shape index (κ1) is 21.3. The molecule has 0 spiro atoms. The summed E-state index contributed by atoms with van der Waals surface area (Å²) in [7, 11) is 3.64. The largest absolute Gasteiger partial charge is 0.416 e. The van der Waals surface area contributed by atoms with Crippen molar-refractivity contribution in [2.45, 2.75) is 6.18 Å². The minimum absolute atomic E-state index is 0.0247. The molecule has 28 heavy (non-hydrogen) atoms. The fourth-order valence-electron chi connectivity index (χ4n) is 2.17. The fraction of sp³-hybridized carbons (Fsp3) is 0.158. The van der Waals surface area contributed by atoms with Gasteiger partial charge in [0.2, 0.25) is 0 Å². The molecule has 2 rings (SSSR count). The van der Waals surface area contributed by atoms with Gasteiger partial charge in [-0.05, 0) is 48.0 Å². The highest BCUT2D eigenvalue weighted by Gasteiger charge is 2.30. The van der Waals surface area contributed by atoms with Gasteiger partial charge in [0.1, 0.15) is 0 Å². The topological polar surface area (TPSA) is 61.4 Å². The lowest BCUT2D eigenvalue weighted by atomic mass is 10.1. The Balaban J connectivity index is 2.01. The number of nitrogens with zero attached hydrogens (tertiary/aromatic N) is 1. The monoisotopic (exact) mass is 411 g/mol. The average Bonchev–Trinajstić information content (AvgIpc) is 2.64. The summed E-state index contributed by atoms with van der Waals surface area (Å²) in [5, 5.41) is 0.0570. The zero-order valence-corrected chi connectivity index (χ0v) is 15.7. The van der Waals surface area contributed by atoms with Crippen LogP contribution in [0.15, 0.2) is 48.5 Å². The Kier molecular flexibility index (Phi) is 6.69. The lowest BCUT2D eigenvalue weighted by molar-refractivity contribution is -0.137. The second kappa shape index (κ2) is 8.79. The molecule has 2 aromatic carbocycles. The Morgan fingerprint density at radius 1 is 1.07 bits per heavy atom. The number of alkyl halides is 3. The van der Waals surface area contributed by atoms with Crippen molar-refractivity contribution in [2.75, 3.05) is 19.0 Å². The molecule has 2 aromatic rings. The minimum Gasteiger partial charge on any atom is -0.378 e. The molecule has 0 aliphatic rings. The van der Waals surface area contributed by atoms with Crippen molar-refractivity contribution in [3.8, 4) is 0 Å². The van der Waals surface area contributed by atoms with E-state index in [4.69, 9.17) is 11.6 Å². The zero-order valence-electron chi connectivity index (χ0n) is 15.0. The molecule has 0 aliphatic heterocycles. The number of rotatable bonds is 4. The third kappa shape index (κ3) is 5.75. The number of carbonyl (C=O) groups is 2. The van der Waals surface area contributed by atoms with Gasteiger partial charge in [-0.25, -0.2) is 0 Å². The third-order valence-electron chi connectivity index (χ3n) is 3.66. The molecule has 0 radical (unpaired) electrons. The van der Waals surface area contributed by atoms with E-state index in [1.165, 1.54) is 0 Å². The van der Waals surface area contributed by atoms with E-state index in [2.05, 4.69) is 10.9 Å². The number of hydrogen-bond acceptors (Lipinski definition) is 3. The maximum Gasteiger partial charge on any atom is 0.416 e. The number of hydrazine groups is 1. The second-order valence-electron chi connectivity index (χ2n) is 5.96. The number of anilines is 1. The molecule has 2 amide bonds. The van der Waals surface area contributed by atoms with E-state index < -0.39 is 23.6 Å². The SMILES string of the molecule is CN(C)c1cccc(C(=O)NNC(=O)/C=C/c2cc(C(F)(F)F)ccc2Cl)c1. The first-order chi connectivity index (χ1) is 13.1. The molecule has 0 heterocycles. The van der Waals surface area contributed by atoms with Crippen molar-refractivity contribution in [1.29, 1.82) is 0 Å². The van der Waals surface area contributed by atoms with Crippen LogP contribution in [0.4, 0.5) is 18.9 Å². The van der Waals surface area contributed by atoms with Gasteiger partial charge in [0.15, 0.2) is 0 Å². The number of nitrogens with one attached hydrogen (secondary N) is 2. The van der Waals surface area contributed by atoms with E-state index in [-0.39, 0.29) is 10.6 Å². The average molecular weight is 412 g/mol. The molecule has 0 atom stereocenters. The highest BCUT2D eigenvalue weighted by Crippen LogP contribution is 2.32. The zero-order chi connectivity index (χ0) is 20.9. The molecule has 0 unspecified atom stereocenters. The van der Waals surface area contributed by atoms with Crippen LogP contribution in [0.5, 0.6) is 0 Å². The van der Waals surface area contributed by atoms with Gasteiger partial charge >= 0.3 is 6.18 Å². The summed E-state index contributed by atoms with van der Waals surface area (Å²) < 4.78 is 38.3. The Hall–Kier alpha value is -3.00. The number of hydrogen-bond donors (Lipinski definition) is 2. The Morgan fingerprint density at radius 2 is 1.79 bits per heavy atom. The van der Waals surface area contributed by atoms with Crippen LogP contribution in [0.25, 0.3) is 6.08 Å². The van der Waals surface area contributed by atoms with Crippen LogP contribution in [0.3, 0.4) is 0 Å². The lowest BCUT2D eigenvalue weighted by Gasteiger charge is -2.13. The molecule has 148 valence electrons. The van der Waals surface area contributed by atoms with E-state index in [9.17, 15) is 22.8 Å². The summed E-state index contributed by atoms with van der Waals surface area (Å²) in [5.74, 6) is -1.27. The highest BCUT2D eigenvalue weighted by atomic mass is 35.5. The predicted molar refractivity (Wildman–Crippen MR) is 102 cm³/mol.